The Labute approximate surface area is 111 Å². The summed E-state index contributed by atoms with van der Waals surface area (Å²) in [5, 5.41) is 0. The third-order valence-corrected chi connectivity index (χ3v) is 4.40. The Balaban J connectivity index is 2.00. The van der Waals surface area contributed by atoms with E-state index in [1.165, 1.54) is 0 Å². The average Bonchev–Trinajstić information content (AvgIpc) is 3.06. The number of carbonyl (C=O) groups is 1. The van der Waals surface area contributed by atoms with Crippen LogP contribution in [-0.4, -0.2) is 17.4 Å². The standard InChI is InChI=1S/C16H15NO2/c18-14-11-12-7-10-19-15(12)16(8-4-9-17(14)16)13-5-2-1-3-6-13/h1-3,5-7,10H,4,8-9,11H2. The maximum Gasteiger partial charge on any atom is 0.228 e. The lowest BCUT2D eigenvalue weighted by molar-refractivity contribution is -0.135. The summed E-state index contributed by atoms with van der Waals surface area (Å²) in [6.45, 7) is 0.827. The van der Waals surface area contributed by atoms with Gasteiger partial charge in [0.1, 0.15) is 11.3 Å². The van der Waals surface area contributed by atoms with Gasteiger partial charge in [0.15, 0.2) is 0 Å². The van der Waals surface area contributed by atoms with E-state index in [4.69, 9.17) is 4.42 Å². The molecule has 0 radical (unpaired) electrons. The van der Waals surface area contributed by atoms with Gasteiger partial charge in [-0.2, -0.15) is 0 Å². The average molecular weight is 253 g/mol. The lowest BCUT2D eigenvalue weighted by Gasteiger charge is -2.41. The first kappa shape index (κ1) is 10.9. The Hall–Kier alpha value is -2.03. The van der Waals surface area contributed by atoms with Gasteiger partial charge in [0.2, 0.25) is 5.91 Å². The molecule has 3 heterocycles. The smallest absolute Gasteiger partial charge is 0.228 e. The van der Waals surface area contributed by atoms with Crippen molar-refractivity contribution in [3.63, 3.8) is 0 Å². The molecule has 0 bridgehead atoms. The predicted octanol–water partition coefficient (Wildman–Crippen LogP) is 2.70. The summed E-state index contributed by atoms with van der Waals surface area (Å²) in [7, 11) is 0. The molecule has 0 spiro atoms. The third-order valence-electron chi connectivity index (χ3n) is 4.40. The van der Waals surface area contributed by atoms with Crippen molar-refractivity contribution in [2.24, 2.45) is 0 Å². The van der Waals surface area contributed by atoms with Crippen LogP contribution in [0.4, 0.5) is 0 Å². The van der Waals surface area contributed by atoms with Crippen molar-refractivity contribution >= 4 is 5.91 Å². The zero-order chi connectivity index (χ0) is 12.9. The normalized spacial score (nSPS) is 25.3. The van der Waals surface area contributed by atoms with Gasteiger partial charge in [-0.3, -0.25) is 4.79 Å². The minimum Gasteiger partial charge on any atom is -0.466 e. The Morgan fingerprint density at radius 2 is 2.00 bits per heavy atom. The van der Waals surface area contributed by atoms with Gasteiger partial charge < -0.3 is 9.32 Å². The molecule has 0 aliphatic carbocycles. The van der Waals surface area contributed by atoms with Crippen LogP contribution in [0.25, 0.3) is 0 Å². The van der Waals surface area contributed by atoms with Crippen LogP contribution in [0, 0.1) is 0 Å². The molecule has 0 N–H and O–H groups in total. The molecule has 19 heavy (non-hydrogen) atoms. The van der Waals surface area contributed by atoms with Crippen LogP contribution in [0.1, 0.15) is 29.7 Å². The molecule has 1 atom stereocenters. The Kier molecular flexibility index (Phi) is 2.13. The van der Waals surface area contributed by atoms with Crippen LogP contribution in [-0.2, 0) is 16.8 Å². The van der Waals surface area contributed by atoms with Gasteiger partial charge in [0, 0.05) is 12.1 Å². The quantitative estimate of drug-likeness (QED) is 0.783. The largest absolute Gasteiger partial charge is 0.466 e. The number of amides is 1. The van der Waals surface area contributed by atoms with Crippen LogP contribution in [0.2, 0.25) is 0 Å². The number of hydrogen-bond donors (Lipinski definition) is 0. The molecule has 96 valence electrons. The second kappa shape index (κ2) is 3.73. The molecule has 2 aliphatic rings. The first-order chi connectivity index (χ1) is 9.32. The second-order valence-corrected chi connectivity index (χ2v) is 5.33. The molecular weight excluding hydrogens is 238 g/mol. The fraction of sp³-hybridized carbons (Fsp3) is 0.312. The highest BCUT2D eigenvalue weighted by Crippen LogP contribution is 2.48. The molecule has 3 nitrogen and oxygen atoms in total. The highest BCUT2D eigenvalue weighted by atomic mass is 16.3. The Morgan fingerprint density at radius 3 is 2.84 bits per heavy atom. The summed E-state index contributed by atoms with van der Waals surface area (Å²) in [6, 6.07) is 12.2. The van der Waals surface area contributed by atoms with Crippen molar-refractivity contribution < 1.29 is 9.21 Å². The molecule has 1 fully saturated rings. The summed E-state index contributed by atoms with van der Waals surface area (Å²) in [5.74, 6) is 1.19. The molecular formula is C16H15NO2. The van der Waals surface area contributed by atoms with E-state index in [9.17, 15) is 4.79 Å². The van der Waals surface area contributed by atoms with E-state index in [1.54, 1.807) is 6.26 Å². The second-order valence-electron chi connectivity index (χ2n) is 5.33. The van der Waals surface area contributed by atoms with Gasteiger partial charge in [-0.05, 0) is 24.5 Å². The summed E-state index contributed by atoms with van der Waals surface area (Å²) in [6.07, 6.45) is 4.16. The highest BCUT2D eigenvalue weighted by molar-refractivity contribution is 5.83. The van der Waals surface area contributed by atoms with Gasteiger partial charge >= 0.3 is 0 Å². The SMILES string of the molecule is O=C1Cc2ccoc2C2(c3ccccc3)CCCN12. The van der Waals surface area contributed by atoms with Gasteiger partial charge in [-0.15, -0.1) is 0 Å². The van der Waals surface area contributed by atoms with E-state index in [0.29, 0.717) is 6.42 Å². The van der Waals surface area contributed by atoms with Crippen LogP contribution in [0.15, 0.2) is 47.1 Å². The van der Waals surface area contributed by atoms with Crippen molar-refractivity contribution in [1.29, 1.82) is 0 Å². The first-order valence-corrected chi connectivity index (χ1v) is 6.75. The zero-order valence-electron chi connectivity index (χ0n) is 10.6. The highest BCUT2D eigenvalue weighted by Gasteiger charge is 2.52. The number of hydrogen-bond acceptors (Lipinski definition) is 2. The van der Waals surface area contributed by atoms with E-state index in [0.717, 1.165) is 36.3 Å². The first-order valence-electron chi connectivity index (χ1n) is 6.75. The minimum absolute atomic E-state index is 0.218. The van der Waals surface area contributed by atoms with Crippen molar-refractivity contribution in [1.82, 2.24) is 4.90 Å². The molecule has 0 saturated carbocycles. The van der Waals surface area contributed by atoms with Crippen LogP contribution in [0.5, 0.6) is 0 Å². The summed E-state index contributed by atoms with van der Waals surface area (Å²) >= 11 is 0. The topological polar surface area (TPSA) is 33.5 Å². The zero-order valence-corrected chi connectivity index (χ0v) is 10.6. The van der Waals surface area contributed by atoms with Gasteiger partial charge in [-0.1, -0.05) is 30.3 Å². The molecule has 1 unspecified atom stereocenters. The molecule has 3 heteroatoms. The van der Waals surface area contributed by atoms with Gasteiger partial charge in [-0.25, -0.2) is 0 Å². The molecule has 2 aromatic rings. The molecule has 1 aromatic carbocycles. The molecule has 1 amide bonds. The predicted molar refractivity (Wildman–Crippen MR) is 70.6 cm³/mol. The van der Waals surface area contributed by atoms with E-state index >= 15 is 0 Å². The summed E-state index contributed by atoms with van der Waals surface area (Å²) < 4.78 is 5.78. The van der Waals surface area contributed by atoms with Crippen LogP contribution >= 0.6 is 0 Å². The van der Waals surface area contributed by atoms with E-state index in [-0.39, 0.29) is 11.4 Å². The maximum absolute atomic E-state index is 12.4. The van der Waals surface area contributed by atoms with Crippen LogP contribution < -0.4 is 0 Å². The van der Waals surface area contributed by atoms with Gasteiger partial charge in [0.25, 0.3) is 0 Å². The lowest BCUT2D eigenvalue weighted by atomic mass is 9.80. The fourth-order valence-corrected chi connectivity index (χ4v) is 3.63. The van der Waals surface area contributed by atoms with E-state index in [2.05, 4.69) is 12.1 Å². The molecule has 4 rings (SSSR count). The van der Waals surface area contributed by atoms with Crippen molar-refractivity contribution in [3.05, 3.63) is 59.5 Å². The van der Waals surface area contributed by atoms with E-state index in [1.807, 2.05) is 29.2 Å². The number of rotatable bonds is 1. The van der Waals surface area contributed by atoms with Crippen molar-refractivity contribution in [3.8, 4) is 0 Å². The fourth-order valence-electron chi connectivity index (χ4n) is 3.63. The third kappa shape index (κ3) is 1.30. The number of furan rings is 1. The lowest BCUT2D eigenvalue weighted by Crippen LogP contribution is -2.49. The number of carbonyl (C=O) groups excluding carboxylic acids is 1. The number of benzene rings is 1. The Morgan fingerprint density at radius 1 is 1.16 bits per heavy atom. The summed E-state index contributed by atoms with van der Waals surface area (Å²) in [5.41, 5.74) is 1.85. The monoisotopic (exact) mass is 253 g/mol. The van der Waals surface area contributed by atoms with Gasteiger partial charge in [0.05, 0.1) is 12.7 Å². The number of fused-ring (bicyclic) bond motifs is 3. The number of nitrogens with zero attached hydrogens (tertiary/aromatic N) is 1. The van der Waals surface area contributed by atoms with Crippen LogP contribution in [0.3, 0.4) is 0 Å². The van der Waals surface area contributed by atoms with Crippen molar-refractivity contribution in [2.45, 2.75) is 24.8 Å². The maximum atomic E-state index is 12.4. The minimum atomic E-state index is -0.366. The molecule has 1 saturated heterocycles. The Bertz CT molecular complexity index is 631. The van der Waals surface area contributed by atoms with Crippen molar-refractivity contribution in [2.75, 3.05) is 6.54 Å². The molecule has 2 aliphatic heterocycles. The molecule has 1 aromatic heterocycles. The van der Waals surface area contributed by atoms with E-state index < -0.39 is 0 Å². The summed E-state index contributed by atoms with van der Waals surface area (Å²) in [4.78, 5) is 14.4.